The van der Waals surface area contributed by atoms with Crippen LogP contribution in [0, 0.1) is 0 Å². The molecule has 0 radical (unpaired) electrons. The van der Waals surface area contributed by atoms with Gasteiger partial charge in [0.15, 0.2) is 5.58 Å². The van der Waals surface area contributed by atoms with Crippen LogP contribution in [-0.2, 0) is 11.8 Å². The van der Waals surface area contributed by atoms with Crippen molar-refractivity contribution in [3.05, 3.63) is 36.2 Å². The van der Waals surface area contributed by atoms with Crippen LogP contribution in [0.1, 0.15) is 24.5 Å². The SMILES string of the molecule is CN(C)c1nc2cc(NC(=O)N[C@H]3CCCO[C@@H]3c3cnn(C)c3)ccc2o1. The second-order valence-corrected chi connectivity index (χ2v) is 7.16. The molecule has 2 amide bonds. The number of carbonyl (C=O) groups excluding carboxylic acids is 1. The minimum atomic E-state index is -0.278. The average molecular weight is 384 g/mol. The minimum absolute atomic E-state index is 0.117. The van der Waals surface area contributed by atoms with E-state index in [0.717, 1.165) is 18.4 Å². The summed E-state index contributed by atoms with van der Waals surface area (Å²) in [7, 11) is 5.59. The van der Waals surface area contributed by atoms with Crippen molar-refractivity contribution >= 4 is 28.8 Å². The van der Waals surface area contributed by atoms with Crippen molar-refractivity contribution in [1.29, 1.82) is 0 Å². The second kappa shape index (κ2) is 7.51. The predicted octanol–water partition coefficient (Wildman–Crippen LogP) is 2.67. The normalized spacial score (nSPS) is 19.5. The van der Waals surface area contributed by atoms with E-state index < -0.39 is 0 Å². The molecule has 1 saturated heterocycles. The highest BCUT2D eigenvalue weighted by Crippen LogP contribution is 2.28. The van der Waals surface area contributed by atoms with E-state index in [4.69, 9.17) is 9.15 Å². The summed E-state index contributed by atoms with van der Waals surface area (Å²) in [5.41, 5.74) is 2.98. The van der Waals surface area contributed by atoms with Gasteiger partial charge in [-0.15, -0.1) is 0 Å². The van der Waals surface area contributed by atoms with Gasteiger partial charge in [-0.3, -0.25) is 4.68 Å². The number of hydrogen-bond acceptors (Lipinski definition) is 6. The average Bonchev–Trinajstić information content (AvgIpc) is 3.28. The number of oxazole rings is 1. The third-order valence-electron chi connectivity index (χ3n) is 4.71. The van der Waals surface area contributed by atoms with Crippen LogP contribution < -0.4 is 15.5 Å². The summed E-state index contributed by atoms with van der Waals surface area (Å²) in [5, 5.41) is 10.1. The molecule has 0 unspecified atom stereocenters. The zero-order valence-corrected chi connectivity index (χ0v) is 16.2. The van der Waals surface area contributed by atoms with Gasteiger partial charge < -0.3 is 24.7 Å². The number of nitrogens with one attached hydrogen (secondary N) is 2. The molecule has 1 aliphatic heterocycles. The van der Waals surface area contributed by atoms with Crippen LogP contribution in [0.15, 0.2) is 35.0 Å². The number of benzene rings is 1. The highest BCUT2D eigenvalue weighted by Gasteiger charge is 2.29. The molecule has 2 atom stereocenters. The van der Waals surface area contributed by atoms with Crippen molar-refractivity contribution < 1.29 is 13.9 Å². The standard InChI is InChI=1S/C19H24N6O3/c1-24(2)19-23-15-9-13(6-7-16(15)28-19)21-18(26)22-14-5-4-8-27-17(14)12-10-20-25(3)11-12/h6-7,9-11,14,17H,4-5,8H2,1-3H3,(H2,21,22,26)/t14-,17+/m0/s1. The number of fused-ring (bicyclic) bond motifs is 1. The number of aryl methyl sites for hydroxylation is 1. The molecule has 2 N–H and O–H groups in total. The molecular weight excluding hydrogens is 360 g/mol. The van der Waals surface area contributed by atoms with Gasteiger partial charge in [0.1, 0.15) is 11.6 Å². The Labute approximate surface area is 162 Å². The topological polar surface area (TPSA) is 97.5 Å². The molecule has 0 saturated carbocycles. The van der Waals surface area contributed by atoms with Crippen LogP contribution in [0.5, 0.6) is 0 Å². The highest BCUT2D eigenvalue weighted by molar-refractivity contribution is 5.92. The van der Waals surface area contributed by atoms with Gasteiger partial charge in [-0.05, 0) is 31.0 Å². The lowest BCUT2D eigenvalue weighted by Crippen LogP contribution is -2.44. The summed E-state index contributed by atoms with van der Waals surface area (Å²) in [6, 6.07) is 5.51. The number of amides is 2. The van der Waals surface area contributed by atoms with Crippen molar-refractivity contribution in [2.24, 2.45) is 7.05 Å². The Balaban J connectivity index is 1.45. The maximum absolute atomic E-state index is 12.6. The number of nitrogens with zero attached hydrogens (tertiary/aromatic N) is 4. The van der Waals surface area contributed by atoms with Crippen molar-refractivity contribution in [2.45, 2.75) is 25.0 Å². The van der Waals surface area contributed by atoms with Gasteiger partial charge in [-0.1, -0.05) is 0 Å². The Kier molecular flexibility index (Phi) is 4.91. The van der Waals surface area contributed by atoms with Gasteiger partial charge in [0, 0.05) is 45.2 Å². The molecule has 3 aromatic rings. The lowest BCUT2D eigenvalue weighted by atomic mass is 9.98. The number of hydrogen-bond donors (Lipinski definition) is 2. The monoisotopic (exact) mass is 384 g/mol. The third kappa shape index (κ3) is 3.79. The predicted molar refractivity (Wildman–Crippen MR) is 105 cm³/mol. The van der Waals surface area contributed by atoms with Gasteiger partial charge in [0.25, 0.3) is 6.01 Å². The third-order valence-corrected chi connectivity index (χ3v) is 4.71. The van der Waals surface area contributed by atoms with Gasteiger partial charge >= 0.3 is 6.03 Å². The van der Waals surface area contributed by atoms with Crippen molar-refractivity contribution in [2.75, 3.05) is 30.9 Å². The first-order chi connectivity index (χ1) is 13.5. The van der Waals surface area contributed by atoms with E-state index in [1.165, 1.54) is 0 Å². The molecule has 0 bridgehead atoms. The van der Waals surface area contributed by atoms with Crippen LogP contribution in [0.2, 0.25) is 0 Å². The van der Waals surface area contributed by atoms with Gasteiger partial charge in [-0.2, -0.15) is 10.1 Å². The van der Waals surface area contributed by atoms with E-state index in [2.05, 4.69) is 20.7 Å². The highest BCUT2D eigenvalue weighted by atomic mass is 16.5. The van der Waals surface area contributed by atoms with Crippen molar-refractivity contribution in [3.8, 4) is 0 Å². The molecule has 0 spiro atoms. The molecule has 0 aliphatic carbocycles. The van der Waals surface area contributed by atoms with Crippen molar-refractivity contribution in [1.82, 2.24) is 20.1 Å². The van der Waals surface area contributed by atoms with E-state index in [-0.39, 0.29) is 18.2 Å². The fourth-order valence-corrected chi connectivity index (χ4v) is 3.36. The lowest BCUT2D eigenvalue weighted by molar-refractivity contribution is -0.00700. The first-order valence-electron chi connectivity index (χ1n) is 9.25. The van der Waals surface area contributed by atoms with Gasteiger partial charge in [0.2, 0.25) is 0 Å². The molecule has 28 heavy (non-hydrogen) atoms. The summed E-state index contributed by atoms with van der Waals surface area (Å²) in [6.07, 6.45) is 5.25. The summed E-state index contributed by atoms with van der Waals surface area (Å²) >= 11 is 0. The smallest absolute Gasteiger partial charge is 0.319 e. The molecule has 2 aromatic heterocycles. The summed E-state index contributed by atoms with van der Waals surface area (Å²) < 4.78 is 13.3. The summed E-state index contributed by atoms with van der Waals surface area (Å²) in [6.45, 7) is 0.677. The van der Waals surface area contributed by atoms with E-state index in [9.17, 15) is 4.79 Å². The zero-order valence-electron chi connectivity index (χ0n) is 16.2. The number of urea groups is 1. The first-order valence-corrected chi connectivity index (χ1v) is 9.25. The summed E-state index contributed by atoms with van der Waals surface area (Å²) in [5.74, 6) is 0. The quantitative estimate of drug-likeness (QED) is 0.718. The van der Waals surface area contributed by atoms with E-state index in [1.54, 1.807) is 34.0 Å². The molecule has 4 rings (SSSR count). The summed E-state index contributed by atoms with van der Waals surface area (Å²) in [4.78, 5) is 18.8. The second-order valence-electron chi connectivity index (χ2n) is 7.16. The molecular formula is C19H24N6O3. The molecule has 3 heterocycles. The van der Waals surface area contributed by atoms with Gasteiger partial charge in [-0.25, -0.2) is 4.79 Å². The maximum Gasteiger partial charge on any atom is 0.319 e. The number of carbonyl (C=O) groups is 1. The number of rotatable bonds is 4. The maximum atomic E-state index is 12.6. The van der Waals surface area contributed by atoms with E-state index in [1.807, 2.05) is 27.3 Å². The fraction of sp³-hybridized carbons (Fsp3) is 0.421. The number of ether oxygens (including phenoxy) is 1. The van der Waals surface area contributed by atoms with Crippen LogP contribution in [0.25, 0.3) is 11.1 Å². The molecule has 148 valence electrons. The largest absolute Gasteiger partial charge is 0.423 e. The number of aromatic nitrogens is 3. The minimum Gasteiger partial charge on any atom is -0.423 e. The Hall–Kier alpha value is -3.07. The first kappa shape index (κ1) is 18.3. The van der Waals surface area contributed by atoms with Crippen LogP contribution in [0.4, 0.5) is 16.5 Å². The molecule has 1 fully saturated rings. The Morgan fingerprint density at radius 3 is 2.96 bits per heavy atom. The van der Waals surface area contributed by atoms with Gasteiger partial charge in [0.05, 0.1) is 12.2 Å². The van der Waals surface area contributed by atoms with Crippen LogP contribution in [-0.4, -0.2) is 47.5 Å². The molecule has 1 aromatic carbocycles. The Morgan fingerprint density at radius 2 is 2.21 bits per heavy atom. The van der Waals surface area contributed by atoms with Crippen LogP contribution >= 0.6 is 0 Å². The molecule has 9 heteroatoms. The fourth-order valence-electron chi connectivity index (χ4n) is 3.36. The van der Waals surface area contributed by atoms with Crippen LogP contribution in [0.3, 0.4) is 0 Å². The zero-order chi connectivity index (χ0) is 19.7. The number of anilines is 2. The Morgan fingerprint density at radius 1 is 1.36 bits per heavy atom. The van der Waals surface area contributed by atoms with Crippen molar-refractivity contribution in [3.63, 3.8) is 0 Å². The Bertz CT molecular complexity index is 979. The van der Waals surface area contributed by atoms with E-state index >= 15 is 0 Å². The van der Waals surface area contributed by atoms with E-state index in [0.29, 0.717) is 29.4 Å². The molecule has 1 aliphatic rings. The lowest BCUT2D eigenvalue weighted by Gasteiger charge is -2.31. The molecule has 9 nitrogen and oxygen atoms in total.